The van der Waals surface area contributed by atoms with E-state index in [9.17, 15) is 4.79 Å². The molecule has 29 heavy (non-hydrogen) atoms. The molecule has 1 saturated heterocycles. The first-order valence-electron chi connectivity index (χ1n) is 9.74. The number of ether oxygens (including phenoxy) is 1. The molecule has 1 aliphatic heterocycles. The molecule has 0 bridgehead atoms. The van der Waals surface area contributed by atoms with Gasteiger partial charge < -0.3 is 14.6 Å². The largest absolute Gasteiger partial charge is 0.378 e. The first-order chi connectivity index (χ1) is 14.2. The van der Waals surface area contributed by atoms with Crippen molar-refractivity contribution in [3.63, 3.8) is 0 Å². The van der Waals surface area contributed by atoms with Gasteiger partial charge in [0.1, 0.15) is 0 Å². The van der Waals surface area contributed by atoms with Gasteiger partial charge in [0, 0.05) is 30.3 Å². The predicted octanol–water partition coefficient (Wildman–Crippen LogP) is 3.27. The highest BCUT2D eigenvalue weighted by Crippen LogP contribution is 2.19. The van der Waals surface area contributed by atoms with Crippen molar-refractivity contribution < 1.29 is 14.1 Å². The third-order valence-electron chi connectivity index (χ3n) is 4.94. The van der Waals surface area contributed by atoms with Gasteiger partial charge in [0.25, 0.3) is 0 Å². The van der Waals surface area contributed by atoms with E-state index in [2.05, 4.69) is 20.4 Å². The molecule has 150 valence electrons. The van der Waals surface area contributed by atoms with Crippen LogP contribution in [0.2, 0.25) is 0 Å². The zero-order valence-electron chi connectivity index (χ0n) is 16.4. The fraction of sp³-hybridized carbons (Fsp3) is 0.318. The fourth-order valence-corrected chi connectivity index (χ4v) is 3.35. The molecule has 7 heteroatoms. The van der Waals surface area contributed by atoms with E-state index < -0.39 is 0 Å². The summed E-state index contributed by atoms with van der Waals surface area (Å²) >= 11 is 0. The van der Waals surface area contributed by atoms with Crippen molar-refractivity contribution in [2.45, 2.75) is 25.9 Å². The Balaban J connectivity index is 1.38. The van der Waals surface area contributed by atoms with E-state index in [4.69, 9.17) is 9.26 Å². The molecule has 1 aliphatic rings. The number of anilines is 1. The maximum Gasteiger partial charge on any atom is 0.241 e. The van der Waals surface area contributed by atoms with Crippen molar-refractivity contribution in [3.05, 3.63) is 66.1 Å². The molecular weight excluding hydrogens is 368 g/mol. The number of rotatable bonds is 6. The van der Waals surface area contributed by atoms with Crippen LogP contribution in [0.15, 0.2) is 59.1 Å². The summed E-state index contributed by atoms with van der Waals surface area (Å²) < 4.78 is 11.0. The highest BCUT2D eigenvalue weighted by molar-refractivity contribution is 5.91. The van der Waals surface area contributed by atoms with Gasteiger partial charge in [0.05, 0.1) is 19.8 Å². The zero-order valence-corrected chi connectivity index (χ0v) is 16.4. The Kier molecular flexibility index (Phi) is 5.97. The van der Waals surface area contributed by atoms with Crippen LogP contribution in [0.1, 0.15) is 17.9 Å². The molecule has 0 spiro atoms. The molecule has 2 aromatic carbocycles. The molecular formula is C22H24N4O3. The summed E-state index contributed by atoms with van der Waals surface area (Å²) in [6, 6.07) is 17.5. The molecule has 1 fully saturated rings. The van der Waals surface area contributed by atoms with Gasteiger partial charge in [-0.05, 0) is 19.1 Å². The van der Waals surface area contributed by atoms with E-state index >= 15 is 0 Å². The molecule has 4 rings (SSSR count). The second kappa shape index (κ2) is 8.98. The Morgan fingerprint density at radius 2 is 1.97 bits per heavy atom. The highest BCUT2D eigenvalue weighted by Gasteiger charge is 2.27. The van der Waals surface area contributed by atoms with E-state index in [0.29, 0.717) is 44.4 Å². The lowest BCUT2D eigenvalue weighted by Crippen LogP contribution is -2.46. The number of aromatic nitrogens is 2. The number of amides is 1. The van der Waals surface area contributed by atoms with E-state index in [1.807, 2.05) is 61.5 Å². The van der Waals surface area contributed by atoms with Gasteiger partial charge in [-0.2, -0.15) is 4.98 Å². The van der Waals surface area contributed by atoms with Crippen molar-refractivity contribution in [1.29, 1.82) is 0 Å². The first kappa shape index (κ1) is 19.3. The number of carbonyl (C=O) groups excluding carboxylic acids is 1. The minimum absolute atomic E-state index is 0.0372. The van der Waals surface area contributed by atoms with Crippen LogP contribution in [0.4, 0.5) is 5.69 Å². The van der Waals surface area contributed by atoms with Crippen molar-refractivity contribution >= 4 is 11.6 Å². The van der Waals surface area contributed by atoms with Crippen molar-refractivity contribution in [1.82, 2.24) is 15.0 Å². The SMILES string of the molecule is Cc1ccc(NC(=O)C[C@H]2COCCN2Cc2nc(-c3ccccc3)no2)cc1. The molecule has 0 saturated carbocycles. The second-order valence-corrected chi connectivity index (χ2v) is 7.20. The molecule has 1 N–H and O–H groups in total. The normalized spacial score (nSPS) is 17.2. The molecule has 3 aromatic rings. The average Bonchev–Trinajstić information content (AvgIpc) is 3.20. The lowest BCUT2D eigenvalue weighted by Gasteiger charge is -2.34. The molecule has 1 atom stereocenters. The Morgan fingerprint density at radius 3 is 2.76 bits per heavy atom. The van der Waals surface area contributed by atoms with Crippen LogP contribution in [-0.4, -0.2) is 46.7 Å². The van der Waals surface area contributed by atoms with Crippen molar-refractivity contribution in [3.8, 4) is 11.4 Å². The van der Waals surface area contributed by atoms with Gasteiger partial charge in [-0.3, -0.25) is 9.69 Å². The number of aryl methyl sites for hydroxylation is 1. The molecule has 0 aliphatic carbocycles. The quantitative estimate of drug-likeness (QED) is 0.693. The number of morpholine rings is 1. The third kappa shape index (κ3) is 5.07. The maximum absolute atomic E-state index is 12.5. The Bertz CT molecular complexity index is 940. The topological polar surface area (TPSA) is 80.5 Å². The van der Waals surface area contributed by atoms with Crippen LogP contribution in [0.25, 0.3) is 11.4 Å². The van der Waals surface area contributed by atoms with Gasteiger partial charge in [-0.15, -0.1) is 0 Å². The summed E-state index contributed by atoms with van der Waals surface area (Å²) in [6.07, 6.45) is 0.341. The number of hydrogen-bond acceptors (Lipinski definition) is 6. The monoisotopic (exact) mass is 392 g/mol. The first-order valence-corrected chi connectivity index (χ1v) is 9.74. The molecule has 0 unspecified atom stereocenters. The maximum atomic E-state index is 12.5. The zero-order chi connectivity index (χ0) is 20.1. The summed E-state index contributed by atoms with van der Waals surface area (Å²) in [5, 5.41) is 7.03. The third-order valence-corrected chi connectivity index (χ3v) is 4.94. The van der Waals surface area contributed by atoms with Gasteiger partial charge in [-0.25, -0.2) is 0 Å². The van der Waals surface area contributed by atoms with E-state index in [0.717, 1.165) is 16.8 Å². The number of hydrogen-bond donors (Lipinski definition) is 1. The number of carbonyl (C=O) groups is 1. The fourth-order valence-electron chi connectivity index (χ4n) is 3.35. The van der Waals surface area contributed by atoms with Crippen LogP contribution in [-0.2, 0) is 16.1 Å². The minimum atomic E-state index is -0.0405. The highest BCUT2D eigenvalue weighted by atomic mass is 16.5. The number of nitrogens with one attached hydrogen (secondary N) is 1. The van der Waals surface area contributed by atoms with Crippen LogP contribution in [0.5, 0.6) is 0 Å². The lowest BCUT2D eigenvalue weighted by atomic mass is 10.1. The minimum Gasteiger partial charge on any atom is -0.378 e. The summed E-state index contributed by atoms with van der Waals surface area (Å²) in [6.45, 7) is 4.34. The molecule has 1 amide bonds. The summed E-state index contributed by atoms with van der Waals surface area (Å²) in [5.41, 5.74) is 2.87. The molecule has 7 nitrogen and oxygen atoms in total. The van der Waals surface area contributed by atoms with E-state index in [1.165, 1.54) is 0 Å². The van der Waals surface area contributed by atoms with Gasteiger partial charge >= 0.3 is 0 Å². The van der Waals surface area contributed by atoms with Crippen LogP contribution < -0.4 is 5.32 Å². The van der Waals surface area contributed by atoms with Gasteiger partial charge in [-0.1, -0.05) is 53.2 Å². The Hall–Kier alpha value is -3.03. The molecule has 2 heterocycles. The van der Waals surface area contributed by atoms with Gasteiger partial charge in [0.2, 0.25) is 17.6 Å². The number of nitrogens with zero attached hydrogens (tertiary/aromatic N) is 3. The smallest absolute Gasteiger partial charge is 0.241 e. The van der Waals surface area contributed by atoms with Crippen molar-refractivity contribution in [2.24, 2.45) is 0 Å². The predicted molar refractivity (Wildman–Crippen MR) is 109 cm³/mol. The van der Waals surface area contributed by atoms with Crippen LogP contribution >= 0.6 is 0 Å². The summed E-state index contributed by atoms with van der Waals surface area (Å²) in [4.78, 5) is 19.2. The second-order valence-electron chi connectivity index (χ2n) is 7.20. The molecule has 1 aromatic heterocycles. The van der Waals surface area contributed by atoms with Gasteiger partial charge in [0.15, 0.2) is 0 Å². The van der Waals surface area contributed by atoms with Crippen LogP contribution in [0.3, 0.4) is 0 Å². The van der Waals surface area contributed by atoms with E-state index in [-0.39, 0.29) is 11.9 Å². The lowest BCUT2D eigenvalue weighted by molar-refractivity contribution is -0.119. The Morgan fingerprint density at radius 1 is 1.17 bits per heavy atom. The average molecular weight is 392 g/mol. The summed E-state index contributed by atoms with van der Waals surface area (Å²) in [5.74, 6) is 1.07. The number of benzene rings is 2. The summed E-state index contributed by atoms with van der Waals surface area (Å²) in [7, 11) is 0. The van der Waals surface area contributed by atoms with Crippen molar-refractivity contribution in [2.75, 3.05) is 25.1 Å². The van der Waals surface area contributed by atoms with E-state index in [1.54, 1.807) is 0 Å². The standard InChI is InChI=1S/C22H24N4O3/c1-16-7-9-18(10-8-16)23-20(27)13-19-15-28-12-11-26(19)14-21-24-22(25-29-21)17-5-3-2-4-6-17/h2-10,19H,11-15H2,1H3,(H,23,27)/t19-/m0/s1. The Labute approximate surface area is 169 Å². The van der Waals surface area contributed by atoms with Crippen LogP contribution in [0, 0.1) is 6.92 Å². The molecule has 0 radical (unpaired) electrons.